The van der Waals surface area contributed by atoms with E-state index in [0.29, 0.717) is 4.90 Å². The molecule has 1 aliphatic rings. The molecule has 0 spiro atoms. The lowest BCUT2D eigenvalue weighted by molar-refractivity contribution is -0.138. The zero-order valence-electron chi connectivity index (χ0n) is 20.3. The minimum absolute atomic E-state index is 0.130. The third-order valence-corrected chi connectivity index (χ3v) is 8.65. The van der Waals surface area contributed by atoms with Crippen LogP contribution in [0, 0.1) is 18.7 Å². The number of nitrogens with zero attached hydrogens (tertiary/aromatic N) is 2. The first kappa shape index (κ1) is 27.1. The first-order chi connectivity index (χ1) is 18.6. The number of rotatable bonds is 5. The van der Waals surface area contributed by atoms with Crippen molar-refractivity contribution in [1.82, 2.24) is 9.55 Å². The summed E-state index contributed by atoms with van der Waals surface area (Å²) in [5.41, 5.74) is -2.27. The van der Waals surface area contributed by atoms with Gasteiger partial charge in [-0.2, -0.15) is 17.6 Å². The smallest absolute Gasteiger partial charge is 0.290 e. The fourth-order valence-electron chi connectivity index (χ4n) is 4.63. The molecular formula is C28H19F5N2O2S2. The number of hydrogen-bond donors (Lipinski definition) is 0. The molecule has 0 saturated heterocycles. The van der Waals surface area contributed by atoms with E-state index in [2.05, 4.69) is 4.98 Å². The maximum Gasteiger partial charge on any atom is 0.416 e. The van der Waals surface area contributed by atoms with Crippen LogP contribution < -0.4 is 5.56 Å². The minimum atomic E-state index is -4.82. The standard InChI is InChI=1S/C28H19F5N2O2S2/c1-15-18(13-19-20(28(31,32)33)10-5-11-21(19)29)26-35(25(36)23(15)17-9-6-12-34-24(17)30)22(14-38-26)27(37)39-16-7-3-2-4-8-16/h2-12,22H,13-14H2,1H3. The zero-order chi connectivity index (χ0) is 27.9. The van der Waals surface area contributed by atoms with E-state index in [9.17, 15) is 31.5 Å². The molecule has 1 atom stereocenters. The molecule has 11 heteroatoms. The third kappa shape index (κ3) is 5.12. The summed E-state index contributed by atoms with van der Waals surface area (Å²) in [5, 5.41) is -0.0993. The topological polar surface area (TPSA) is 52.0 Å². The van der Waals surface area contributed by atoms with Crippen LogP contribution in [0.3, 0.4) is 0 Å². The number of halogens is 5. The van der Waals surface area contributed by atoms with Crippen LogP contribution in [-0.2, 0) is 17.4 Å². The lowest BCUT2D eigenvalue weighted by atomic mass is 9.93. The van der Waals surface area contributed by atoms with E-state index in [1.165, 1.54) is 29.8 Å². The molecule has 200 valence electrons. The van der Waals surface area contributed by atoms with Crippen LogP contribution in [0.4, 0.5) is 22.0 Å². The van der Waals surface area contributed by atoms with E-state index in [-0.39, 0.29) is 38.1 Å². The third-order valence-electron chi connectivity index (χ3n) is 6.47. The maximum atomic E-state index is 14.9. The molecule has 2 aromatic carbocycles. The van der Waals surface area contributed by atoms with Crippen molar-refractivity contribution in [2.75, 3.05) is 5.75 Å². The van der Waals surface area contributed by atoms with Crippen LogP contribution in [0.2, 0.25) is 0 Å². The van der Waals surface area contributed by atoms with Crippen molar-refractivity contribution in [1.29, 1.82) is 0 Å². The van der Waals surface area contributed by atoms with Gasteiger partial charge in [0.2, 0.25) is 11.1 Å². The van der Waals surface area contributed by atoms with Crippen molar-refractivity contribution < 1.29 is 26.7 Å². The Kier molecular flexibility index (Phi) is 7.39. The lowest BCUT2D eigenvalue weighted by Gasteiger charge is -2.21. The quantitative estimate of drug-likeness (QED) is 0.145. The SMILES string of the molecule is Cc1c(Cc2c(F)cccc2C(F)(F)F)c2n(c(=O)c1-c1cccnc1F)C(C(=O)Sc1ccccc1)CS2. The van der Waals surface area contributed by atoms with E-state index in [4.69, 9.17) is 0 Å². The lowest BCUT2D eigenvalue weighted by Crippen LogP contribution is -2.30. The summed E-state index contributed by atoms with van der Waals surface area (Å²) < 4.78 is 72.3. The van der Waals surface area contributed by atoms with Crippen molar-refractivity contribution in [3.63, 3.8) is 0 Å². The fraction of sp³-hybridized carbons (Fsp3) is 0.179. The van der Waals surface area contributed by atoms with Crippen molar-refractivity contribution in [3.05, 3.63) is 111 Å². The van der Waals surface area contributed by atoms with Crippen LogP contribution >= 0.6 is 23.5 Å². The summed E-state index contributed by atoms with van der Waals surface area (Å²) in [4.78, 5) is 31.4. The molecule has 4 aromatic rings. The van der Waals surface area contributed by atoms with Crippen molar-refractivity contribution in [2.24, 2.45) is 0 Å². The van der Waals surface area contributed by atoms with Crippen LogP contribution in [-0.4, -0.2) is 20.4 Å². The summed E-state index contributed by atoms with van der Waals surface area (Å²) in [6.45, 7) is 1.49. The predicted molar refractivity (Wildman–Crippen MR) is 140 cm³/mol. The van der Waals surface area contributed by atoms with Gasteiger partial charge >= 0.3 is 6.18 Å². The van der Waals surface area contributed by atoms with Crippen molar-refractivity contribution >= 4 is 28.6 Å². The minimum Gasteiger partial charge on any atom is -0.290 e. The number of benzene rings is 2. The van der Waals surface area contributed by atoms with Crippen molar-refractivity contribution in [2.45, 2.75) is 35.5 Å². The van der Waals surface area contributed by atoms with E-state index in [1.54, 1.807) is 30.3 Å². The summed E-state index contributed by atoms with van der Waals surface area (Å²) >= 11 is 2.07. The molecule has 1 unspecified atom stereocenters. The molecule has 0 bridgehead atoms. The zero-order valence-corrected chi connectivity index (χ0v) is 21.9. The van der Waals surface area contributed by atoms with E-state index in [1.807, 2.05) is 0 Å². The number of carbonyl (C=O) groups is 1. The van der Waals surface area contributed by atoms with Gasteiger partial charge < -0.3 is 0 Å². The summed E-state index contributed by atoms with van der Waals surface area (Å²) in [6.07, 6.45) is -4.14. The molecule has 4 nitrogen and oxygen atoms in total. The number of carbonyl (C=O) groups excluding carboxylic acids is 1. The Labute approximate surface area is 228 Å². The molecule has 1 aliphatic heterocycles. The largest absolute Gasteiger partial charge is 0.416 e. The van der Waals surface area contributed by atoms with Crippen molar-refractivity contribution in [3.8, 4) is 11.1 Å². The van der Waals surface area contributed by atoms with Crippen LogP contribution in [0.5, 0.6) is 0 Å². The Morgan fingerprint density at radius 3 is 2.49 bits per heavy atom. The number of aromatic nitrogens is 2. The number of thioether (sulfide) groups is 2. The molecular weight excluding hydrogens is 555 g/mol. The maximum absolute atomic E-state index is 14.9. The Bertz CT molecular complexity index is 1640. The summed E-state index contributed by atoms with van der Waals surface area (Å²) in [6, 6.07) is 13.3. The van der Waals surface area contributed by atoms with Crippen LogP contribution in [0.25, 0.3) is 11.1 Å². The van der Waals surface area contributed by atoms with Crippen LogP contribution in [0.15, 0.2) is 81.6 Å². The highest BCUT2D eigenvalue weighted by Crippen LogP contribution is 2.43. The molecule has 0 aliphatic carbocycles. The second-order valence-electron chi connectivity index (χ2n) is 8.80. The summed E-state index contributed by atoms with van der Waals surface area (Å²) in [5.74, 6) is -1.86. The Balaban J connectivity index is 1.72. The number of hydrogen-bond acceptors (Lipinski definition) is 5. The van der Waals surface area contributed by atoms with Crippen LogP contribution in [0.1, 0.15) is 28.3 Å². The average molecular weight is 575 g/mol. The molecule has 0 N–H and O–H groups in total. The number of alkyl halides is 3. The highest BCUT2D eigenvalue weighted by Gasteiger charge is 2.38. The first-order valence-electron chi connectivity index (χ1n) is 11.7. The van der Waals surface area contributed by atoms with E-state index >= 15 is 0 Å². The van der Waals surface area contributed by atoms with Gasteiger partial charge in [-0.15, -0.1) is 11.8 Å². The average Bonchev–Trinajstić information content (AvgIpc) is 3.34. The normalized spacial score (nSPS) is 14.9. The molecule has 2 aromatic heterocycles. The Morgan fingerprint density at radius 1 is 1.05 bits per heavy atom. The number of pyridine rings is 2. The van der Waals surface area contributed by atoms with Gasteiger partial charge in [-0.05, 0) is 66.2 Å². The van der Waals surface area contributed by atoms with Gasteiger partial charge in [0.1, 0.15) is 11.9 Å². The highest BCUT2D eigenvalue weighted by molar-refractivity contribution is 8.13. The Hall–Kier alpha value is -3.44. The van der Waals surface area contributed by atoms with Gasteiger partial charge in [0.15, 0.2) is 0 Å². The molecule has 0 amide bonds. The van der Waals surface area contributed by atoms with Gasteiger partial charge in [0.25, 0.3) is 5.56 Å². The molecule has 3 heterocycles. The summed E-state index contributed by atoms with van der Waals surface area (Å²) in [7, 11) is 0. The van der Waals surface area contributed by atoms with Gasteiger partial charge in [-0.3, -0.25) is 14.2 Å². The molecule has 0 fully saturated rings. The van der Waals surface area contributed by atoms with Gasteiger partial charge in [-0.25, -0.2) is 9.37 Å². The van der Waals surface area contributed by atoms with Gasteiger partial charge in [0, 0.05) is 34.4 Å². The Morgan fingerprint density at radius 2 is 1.79 bits per heavy atom. The molecule has 0 radical (unpaired) electrons. The highest BCUT2D eigenvalue weighted by atomic mass is 32.2. The van der Waals surface area contributed by atoms with Gasteiger partial charge in [0.05, 0.1) is 16.2 Å². The van der Waals surface area contributed by atoms with E-state index in [0.717, 1.165) is 41.7 Å². The first-order valence-corrected chi connectivity index (χ1v) is 13.5. The molecule has 39 heavy (non-hydrogen) atoms. The fourth-order valence-corrected chi connectivity index (χ4v) is 6.95. The number of fused-ring (bicyclic) bond motifs is 1. The molecule has 0 saturated carbocycles. The van der Waals surface area contributed by atoms with Gasteiger partial charge in [-0.1, -0.05) is 24.3 Å². The predicted octanol–water partition coefficient (Wildman–Crippen LogP) is 7.07. The molecule has 5 rings (SSSR count). The van der Waals surface area contributed by atoms with E-state index < -0.39 is 47.1 Å². The second-order valence-corrected chi connectivity index (χ2v) is 10.9. The second kappa shape index (κ2) is 10.6. The monoisotopic (exact) mass is 574 g/mol.